The maximum absolute atomic E-state index is 13.0. The maximum atomic E-state index is 13.0. The van der Waals surface area contributed by atoms with Gasteiger partial charge in [-0.25, -0.2) is 0 Å². The first-order valence-electron chi connectivity index (χ1n) is 10.9. The van der Waals surface area contributed by atoms with Crippen LogP contribution in [-0.2, 0) is 11.2 Å². The Morgan fingerprint density at radius 2 is 1.69 bits per heavy atom. The lowest BCUT2D eigenvalue weighted by molar-refractivity contribution is -0.131. The molecule has 3 aromatic rings. The molecule has 0 bridgehead atoms. The van der Waals surface area contributed by atoms with E-state index >= 15 is 0 Å². The summed E-state index contributed by atoms with van der Waals surface area (Å²) in [5.74, 6) is 0.862. The standard InChI is InChI=1S/C25H28N4O3/c1-32-21-11-8-19(9-12-21)10-13-24(30)28-14-5-15-29(17-16-28)25(31)23-18-22(26-27-23)20-6-3-2-4-7-20/h2-4,6-9,11-12,18H,5,10,13-17H2,1H3,(H,26,27). The number of nitrogens with zero attached hydrogens (tertiary/aromatic N) is 3. The molecule has 32 heavy (non-hydrogen) atoms. The van der Waals surface area contributed by atoms with Gasteiger partial charge in [0.05, 0.1) is 12.8 Å². The van der Waals surface area contributed by atoms with E-state index in [1.54, 1.807) is 18.1 Å². The van der Waals surface area contributed by atoms with Crippen molar-refractivity contribution in [1.82, 2.24) is 20.0 Å². The number of hydrogen-bond acceptors (Lipinski definition) is 4. The molecule has 1 saturated heterocycles. The molecule has 0 saturated carbocycles. The van der Waals surface area contributed by atoms with E-state index in [0.717, 1.165) is 29.0 Å². The molecule has 0 aliphatic carbocycles. The molecular weight excluding hydrogens is 404 g/mol. The van der Waals surface area contributed by atoms with Crippen LogP contribution in [0.3, 0.4) is 0 Å². The molecule has 4 rings (SSSR count). The van der Waals surface area contributed by atoms with Crippen LogP contribution in [0.1, 0.15) is 28.9 Å². The van der Waals surface area contributed by atoms with Crippen molar-refractivity contribution < 1.29 is 14.3 Å². The zero-order valence-corrected chi connectivity index (χ0v) is 18.3. The Kier molecular flexibility index (Phi) is 6.84. The SMILES string of the molecule is COc1ccc(CCC(=O)N2CCCN(C(=O)c3cc(-c4ccccc4)n[nH]3)CC2)cc1. The van der Waals surface area contributed by atoms with Crippen LogP contribution in [0.15, 0.2) is 60.7 Å². The van der Waals surface area contributed by atoms with E-state index in [9.17, 15) is 9.59 Å². The normalized spacial score (nSPS) is 14.2. The molecular formula is C25H28N4O3. The fraction of sp³-hybridized carbons (Fsp3) is 0.320. The number of ether oxygens (including phenoxy) is 1. The molecule has 1 fully saturated rings. The van der Waals surface area contributed by atoms with Crippen LogP contribution in [0.5, 0.6) is 5.75 Å². The second kappa shape index (κ2) is 10.1. The fourth-order valence-corrected chi connectivity index (χ4v) is 3.93. The summed E-state index contributed by atoms with van der Waals surface area (Å²) in [4.78, 5) is 29.4. The molecule has 0 unspecified atom stereocenters. The van der Waals surface area contributed by atoms with Crippen LogP contribution in [0.4, 0.5) is 0 Å². The summed E-state index contributed by atoms with van der Waals surface area (Å²) in [7, 11) is 1.64. The van der Waals surface area contributed by atoms with Gasteiger partial charge in [-0.1, -0.05) is 42.5 Å². The van der Waals surface area contributed by atoms with Gasteiger partial charge in [0.1, 0.15) is 11.4 Å². The Balaban J connectivity index is 1.31. The quantitative estimate of drug-likeness (QED) is 0.648. The van der Waals surface area contributed by atoms with E-state index in [1.807, 2.05) is 59.5 Å². The number of aromatic amines is 1. The molecule has 7 heteroatoms. The van der Waals surface area contributed by atoms with Crippen LogP contribution in [-0.4, -0.2) is 65.1 Å². The number of nitrogens with one attached hydrogen (secondary N) is 1. The van der Waals surface area contributed by atoms with Crippen molar-refractivity contribution in [2.45, 2.75) is 19.3 Å². The maximum Gasteiger partial charge on any atom is 0.271 e. The molecule has 2 aromatic carbocycles. The minimum atomic E-state index is -0.0767. The first-order chi connectivity index (χ1) is 15.6. The zero-order chi connectivity index (χ0) is 22.3. The van der Waals surface area contributed by atoms with Crippen molar-refractivity contribution >= 4 is 11.8 Å². The average molecular weight is 433 g/mol. The first-order valence-corrected chi connectivity index (χ1v) is 10.9. The summed E-state index contributed by atoms with van der Waals surface area (Å²) in [5, 5.41) is 7.16. The summed E-state index contributed by atoms with van der Waals surface area (Å²) in [6.45, 7) is 2.36. The number of carbonyl (C=O) groups excluding carboxylic acids is 2. The van der Waals surface area contributed by atoms with Crippen molar-refractivity contribution in [2.75, 3.05) is 33.3 Å². The highest BCUT2D eigenvalue weighted by molar-refractivity contribution is 5.93. The van der Waals surface area contributed by atoms with Gasteiger partial charge in [-0.15, -0.1) is 0 Å². The van der Waals surface area contributed by atoms with Crippen molar-refractivity contribution in [2.24, 2.45) is 0 Å². The van der Waals surface area contributed by atoms with Crippen LogP contribution in [0.2, 0.25) is 0 Å². The van der Waals surface area contributed by atoms with Crippen LogP contribution in [0, 0.1) is 0 Å². The van der Waals surface area contributed by atoms with E-state index < -0.39 is 0 Å². The predicted octanol–water partition coefficient (Wildman–Crippen LogP) is 3.39. The number of carbonyl (C=O) groups is 2. The highest BCUT2D eigenvalue weighted by Crippen LogP contribution is 2.18. The third-order valence-corrected chi connectivity index (χ3v) is 5.80. The highest BCUT2D eigenvalue weighted by Gasteiger charge is 2.24. The Morgan fingerprint density at radius 1 is 0.969 bits per heavy atom. The number of aryl methyl sites for hydroxylation is 1. The van der Waals surface area contributed by atoms with Crippen molar-refractivity contribution in [3.63, 3.8) is 0 Å². The van der Waals surface area contributed by atoms with Gasteiger partial charge in [0.15, 0.2) is 0 Å². The summed E-state index contributed by atoms with van der Waals surface area (Å²) in [6, 6.07) is 19.4. The number of rotatable bonds is 6. The van der Waals surface area contributed by atoms with Crippen molar-refractivity contribution in [3.8, 4) is 17.0 Å². The van der Waals surface area contributed by atoms with Crippen LogP contribution in [0.25, 0.3) is 11.3 Å². The minimum Gasteiger partial charge on any atom is -0.497 e. The molecule has 1 aromatic heterocycles. The summed E-state index contributed by atoms with van der Waals surface area (Å²) >= 11 is 0. The molecule has 2 amide bonds. The minimum absolute atomic E-state index is 0.0767. The Hall–Kier alpha value is -3.61. The third-order valence-electron chi connectivity index (χ3n) is 5.80. The van der Waals surface area contributed by atoms with Gasteiger partial charge >= 0.3 is 0 Å². The molecule has 2 heterocycles. The van der Waals surface area contributed by atoms with Gasteiger partial charge in [-0.05, 0) is 36.6 Å². The predicted molar refractivity (Wildman–Crippen MR) is 122 cm³/mol. The number of methoxy groups -OCH3 is 1. The smallest absolute Gasteiger partial charge is 0.271 e. The number of benzene rings is 2. The Bertz CT molecular complexity index is 1050. The largest absolute Gasteiger partial charge is 0.497 e. The fourth-order valence-electron chi connectivity index (χ4n) is 3.93. The molecule has 1 N–H and O–H groups in total. The Morgan fingerprint density at radius 3 is 2.44 bits per heavy atom. The average Bonchev–Trinajstić information content (AvgIpc) is 3.21. The summed E-state index contributed by atoms with van der Waals surface area (Å²) in [5.41, 5.74) is 3.30. The molecule has 166 valence electrons. The first kappa shape index (κ1) is 21.6. The van der Waals surface area contributed by atoms with Gasteiger partial charge in [-0.2, -0.15) is 5.10 Å². The second-order valence-corrected chi connectivity index (χ2v) is 7.91. The van der Waals surface area contributed by atoms with Gasteiger partial charge < -0.3 is 14.5 Å². The van der Waals surface area contributed by atoms with Gasteiger partial charge in [0.25, 0.3) is 5.91 Å². The lowest BCUT2D eigenvalue weighted by atomic mass is 10.1. The van der Waals surface area contributed by atoms with E-state index in [1.165, 1.54) is 0 Å². The summed E-state index contributed by atoms with van der Waals surface area (Å²) < 4.78 is 5.18. The molecule has 0 atom stereocenters. The van der Waals surface area contributed by atoms with Gasteiger partial charge in [-0.3, -0.25) is 14.7 Å². The number of H-pyrrole nitrogens is 1. The van der Waals surface area contributed by atoms with Gasteiger partial charge in [0.2, 0.25) is 5.91 Å². The number of amides is 2. The lowest BCUT2D eigenvalue weighted by Gasteiger charge is -2.22. The summed E-state index contributed by atoms with van der Waals surface area (Å²) in [6.07, 6.45) is 1.92. The Labute approximate surface area is 188 Å². The molecule has 7 nitrogen and oxygen atoms in total. The van der Waals surface area contributed by atoms with Crippen molar-refractivity contribution in [3.05, 3.63) is 71.9 Å². The highest BCUT2D eigenvalue weighted by atomic mass is 16.5. The van der Waals surface area contributed by atoms with E-state index in [4.69, 9.17) is 4.74 Å². The molecule has 1 aliphatic heterocycles. The van der Waals surface area contributed by atoms with E-state index in [-0.39, 0.29) is 11.8 Å². The van der Waals surface area contributed by atoms with E-state index in [0.29, 0.717) is 44.7 Å². The number of aromatic nitrogens is 2. The molecule has 1 aliphatic rings. The zero-order valence-electron chi connectivity index (χ0n) is 18.3. The lowest BCUT2D eigenvalue weighted by Crippen LogP contribution is -2.37. The third kappa shape index (κ3) is 5.17. The van der Waals surface area contributed by atoms with Gasteiger partial charge in [0, 0.05) is 38.2 Å². The molecule has 0 radical (unpaired) electrons. The van der Waals surface area contributed by atoms with Crippen LogP contribution < -0.4 is 4.74 Å². The monoisotopic (exact) mass is 432 g/mol. The van der Waals surface area contributed by atoms with Crippen LogP contribution >= 0.6 is 0 Å². The molecule has 0 spiro atoms. The topological polar surface area (TPSA) is 78.5 Å². The van der Waals surface area contributed by atoms with E-state index in [2.05, 4.69) is 10.2 Å². The second-order valence-electron chi connectivity index (χ2n) is 7.91. The van der Waals surface area contributed by atoms with Crippen molar-refractivity contribution in [1.29, 1.82) is 0 Å². The number of hydrogen-bond donors (Lipinski definition) is 1.